The van der Waals surface area contributed by atoms with Crippen LogP contribution in [0.25, 0.3) is 0 Å². The van der Waals surface area contributed by atoms with E-state index in [0.29, 0.717) is 16.8 Å². The average Bonchev–Trinajstić information content (AvgIpc) is 2.78. The highest BCUT2D eigenvalue weighted by molar-refractivity contribution is 7.17. The minimum Gasteiger partial charge on any atom is -0.366 e. The largest absolute Gasteiger partial charge is 0.366 e. The molecule has 0 aliphatic rings. The van der Waals surface area contributed by atoms with Crippen molar-refractivity contribution in [2.45, 2.75) is 6.92 Å². The summed E-state index contributed by atoms with van der Waals surface area (Å²) in [6, 6.07) is 4.90. The molecule has 2 amide bonds. The van der Waals surface area contributed by atoms with E-state index in [1.54, 1.807) is 25.1 Å². The van der Waals surface area contributed by atoms with Gasteiger partial charge >= 0.3 is 0 Å². The molecule has 98 valence electrons. The third kappa shape index (κ3) is 2.88. The third-order valence-electron chi connectivity index (χ3n) is 2.44. The molecule has 0 saturated carbocycles. The van der Waals surface area contributed by atoms with E-state index in [-0.39, 0.29) is 9.47 Å². The first kappa shape index (κ1) is 13.4. The molecule has 0 saturated heterocycles. The first-order chi connectivity index (χ1) is 8.99. The van der Waals surface area contributed by atoms with Crippen molar-refractivity contribution in [3.05, 3.63) is 38.8 Å². The summed E-state index contributed by atoms with van der Waals surface area (Å²) >= 11 is 6.58. The Morgan fingerprint density at radius 1 is 1.37 bits per heavy atom. The van der Waals surface area contributed by atoms with E-state index >= 15 is 0 Å². The number of primary amides is 1. The SMILES string of the molecule is Cc1c(NC(=O)c2nnc(Cl)s2)cccc1C(N)=O. The molecule has 0 radical (unpaired) electrons. The zero-order valence-corrected chi connectivity index (χ0v) is 11.4. The minimum absolute atomic E-state index is 0.147. The molecule has 2 rings (SSSR count). The van der Waals surface area contributed by atoms with Crippen molar-refractivity contribution in [2.24, 2.45) is 5.73 Å². The first-order valence-electron chi connectivity index (χ1n) is 5.19. The van der Waals surface area contributed by atoms with Crippen LogP contribution in [-0.2, 0) is 0 Å². The van der Waals surface area contributed by atoms with Crippen LogP contribution in [0.5, 0.6) is 0 Å². The normalized spacial score (nSPS) is 10.2. The van der Waals surface area contributed by atoms with Crippen LogP contribution in [0, 0.1) is 6.92 Å². The molecule has 2 aromatic rings. The maximum absolute atomic E-state index is 11.9. The number of amides is 2. The molecule has 19 heavy (non-hydrogen) atoms. The molecule has 0 atom stereocenters. The summed E-state index contributed by atoms with van der Waals surface area (Å²) in [5.41, 5.74) is 6.68. The van der Waals surface area contributed by atoms with Crippen LogP contribution < -0.4 is 11.1 Å². The van der Waals surface area contributed by atoms with Crippen molar-refractivity contribution < 1.29 is 9.59 Å². The van der Waals surface area contributed by atoms with Crippen LogP contribution in [-0.4, -0.2) is 22.0 Å². The molecule has 6 nitrogen and oxygen atoms in total. The van der Waals surface area contributed by atoms with E-state index in [9.17, 15) is 9.59 Å². The molecule has 0 aliphatic carbocycles. The standard InChI is InChI=1S/C11H9ClN4O2S/c1-5-6(8(13)17)3-2-4-7(5)14-9(18)10-15-16-11(12)19-10/h2-4H,1H3,(H2,13,17)(H,14,18). The minimum atomic E-state index is -0.549. The predicted molar refractivity (Wildman–Crippen MR) is 72.6 cm³/mol. The summed E-state index contributed by atoms with van der Waals surface area (Å²) in [4.78, 5) is 23.1. The second-order valence-electron chi connectivity index (χ2n) is 3.66. The smallest absolute Gasteiger partial charge is 0.286 e. The Morgan fingerprint density at radius 3 is 2.68 bits per heavy atom. The van der Waals surface area contributed by atoms with Gasteiger partial charge in [-0.15, -0.1) is 10.2 Å². The number of hydrogen-bond donors (Lipinski definition) is 2. The third-order valence-corrected chi connectivity index (χ3v) is 3.46. The van der Waals surface area contributed by atoms with E-state index in [1.807, 2.05) is 0 Å². The fraction of sp³-hybridized carbons (Fsp3) is 0.0909. The zero-order chi connectivity index (χ0) is 14.0. The number of rotatable bonds is 3. The number of carbonyl (C=O) groups is 2. The second-order valence-corrected chi connectivity index (χ2v) is 5.22. The lowest BCUT2D eigenvalue weighted by atomic mass is 10.1. The van der Waals surface area contributed by atoms with Gasteiger partial charge in [-0.2, -0.15) is 0 Å². The van der Waals surface area contributed by atoms with Gasteiger partial charge in [0.1, 0.15) is 0 Å². The molecule has 0 unspecified atom stereocenters. The summed E-state index contributed by atoms with van der Waals surface area (Å²) in [5.74, 6) is -0.985. The molecular formula is C11H9ClN4O2S. The van der Waals surface area contributed by atoms with Crippen LogP contribution in [0.2, 0.25) is 4.47 Å². The van der Waals surface area contributed by atoms with Gasteiger partial charge in [0.25, 0.3) is 5.91 Å². The topological polar surface area (TPSA) is 98.0 Å². The van der Waals surface area contributed by atoms with Gasteiger partial charge in [-0.05, 0) is 36.2 Å². The molecule has 0 bridgehead atoms. The first-order valence-corrected chi connectivity index (χ1v) is 6.38. The van der Waals surface area contributed by atoms with Crippen LogP contribution in [0.1, 0.15) is 25.7 Å². The fourth-order valence-corrected chi connectivity index (χ4v) is 2.23. The molecule has 0 spiro atoms. The Hall–Kier alpha value is -1.99. The highest BCUT2D eigenvalue weighted by Gasteiger charge is 2.15. The quantitative estimate of drug-likeness (QED) is 0.903. The number of aromatic nitrogens is 2. The van der Waals surface area contributed by atoms with Gasteiger partial charge in [-0.1, -0.05) is 17.4 Å². The summed E-state index contributed by atoms with van der Waals surface area (Å²) < 4.78 is 0.188. The molecular weight excluding hydrogens is 288 g/mol. The number of carbonyl (C=O) groups excluding carboxylic acids is 2. The average molecular weight is 297 g/mol. The van der Waals surface area contributed by atoms with Crippen LogP contribution in [0.3, 0.4) is 0 Å². The molecule has 1 heterocycles. The lowest BCUT2D eigenvalue weighted by Crippen LogP contribution is -2.16. The zero-order valence-electron chi connectivity index (χ0n) is 9.81. The van der Waals surface area contributed by atoms with E-state index < -0.39 is 11.8 Å². The van der Waals surface area contributed by atoms with Crippen molar-refractivity contribution in [1.29, 1.82) is 0 Å². The van der Waals surface area contributed by atoms with Crippen LogP contribution in [0.4, 0.5) is 5.69 Å². The number of nitrogens with zero attached hydrogens (tertiary/aromatic N) is 2. The van der Waals surface area contributed by atoms with Gasteiger partial charge in [0.15, 0.2) is 0 Å². The number of nitrogens with two attached hydrogens (primary N) is 1. The van der Waals surface area contributed by atoms with Crippen molar-refractivity contribution in [2.75, 3.05) is 5.32 Å². The Labute approximate surface area is 117 Å². The molecule has 1 aromatic heterocycles. The summed E-state index contributed by atoms with van der Waals surface area (Å²) in [7, 11) is 0. The van der Waals surface area contributed by atoms with Crippen molar-refractivity contribution in [1.82, 2.24) is 10.2 Å². The van der Waals surface area contributed by atoms with Gasteiger partial charge in [0, 0.05) is 11.3 Å². The van der Waals surface area contributed by atoms with Crippen LogP contribution >= 0.6 is 22.9 Å². The molecule has 3 N–H and O–H groups in total. The number of halogens is 1. The number of anilines is 1. The number of nitrogens with one attached hydrogen (secondary N) is 1. The van der Waals surface area contributed by atoms with E-state index in [4.69, 9.17) is 17.3 Å². The maximum atomic E-state index is 11.9. The highest BCUT2D eigenvalue weighted by Crippen LogP contribution is 2.21. The number of hydrogen-bond acceptors (Lipinski definition) is 5. The lowest BCUT2D eigenvalue weighted by molar-refractivity contribution is 0.0995. The monoisotopic (exact) mass is 296 g/mol. The number of benzene rings is 1. The van der Waals surface area contributed by atoms with Gasteiger partial charge in [-0.25, -0.2) is 0 Å². The Kier molecular flexibility index (Phi) is 3.77. The Balaban J connectivity index is 2.27. The summed E-state index contributed by atoms with van der Waals surface area (Å²) in [6.07, 6.45) is 0. The van der Waals surface area contributed by atoms with Gasteiger partial charge in [-0.3, -0.25) is 9.59 Å². The molecule has 0 fully saturated rings. The van der Waals surface area contributed by atoms with Gasteiger partial charge in [0.05, 0.1) is 0 Å². The predicted octanol–water partition coefficient (Wildman–Crippen LogP) is 1.85. The second kappa shape index (κ2) is 5.33. The Morgan fingerprint density at radius 2 is 2.11 bits per heavy atom. The summed E-state index contributed by atoms with van der Waals surface area (Å²) in [5, 5.41) is 9.96. The van der Waals surface area contributed by atoms with Crippen molar-refractivity contribution in [3.8, 4) is 0 Å². The van der Waals surface area contributed by atoms with E-state index in [0.717, 1.165) is 11.3 Å². The highest BCUT2D eigenvalue weighted by atomic mass is 35.5. The van der Waals surface area contributed by atoms with Crippen molar-refractivity contribution >= 4 is 40.4 Å². The lowest BCUT2D eigenvalue weighted by Gasteiger charge is -2.09. The molecule has 1 aromatic carbocycles. The Bertz CT molecular complexity index is 656. The fourth-order valence-electron chi connectivity index (χ4n) is 1.51. The van der Waals surface area contributed by atoms with Gasteiger partial charge in [0.2, 0.25) is 15.4 Å². The maximum Gasteiger partial charge on any atom is 0.286 e. The van der Waals surface area contributed by atoms with E-state index in [1.165, 1.54) is 0 Å². The molecule has 0 aliphatic heterocycles. The van der Waals surface area contributed by atoms with E-state index in [2.05, 4.69) is 15.5 Å². The summed E-state index contributed by atoms with van der Waals surface area (Å²) in [6.45, 7) is 1.70. The van der Waals surface area contributed by atoms with Gasteiger partial charge < -0.3 is 11.1 Å². The molecule has 8 heteroatoms. The van der Waals surface area contributed by atoms with Crippen molar-refractivity contribution in [3.63, 3.8) is 0 Å². The van der Waals surface area contributed by atoms with Crippen LogP contribution in [0.15, 0.2) is 18.2 Å².